The van der Waals surface area contributed by atoms with Gasteiger partial charge in [-0.3, -0.25) is 4.79 Å². The Morgan fingerprint density at radius 3 is 2.81 bits per heavy atom. The zero-order valence-corrected chi connectivity index (χ0v) is 15.2. The van der Waals surface area contributed by atoms with Gasteiger partial charge in [0.05, 0.1) is 4.88 Å². The molecular weight excluding hydrogens is 354 g/mol. The van der Waals surface area contributed by atoms with E-state index in [0.717, 1.165) is 30.6 Å². The third-order valence-corrected chi connectivity index (χ3v) is 5.43. The van der Waals surface area contributed by atoms with E-state index in [2.05, 4.69) is 25.6 Å². The molecule has 1 fully saturated rings. The summed E-state index contributed by atoms with van der Waals surface area (Å²) < 4.78 is 10.4. The highest BCUT2D eigenvalue weighted by Gasteiger charge is 2.41. The first-order valence-electron chi connectivity index (χ1n) is 8.63. The number of nitrogens with zero attached hydrogens (tertiary/aromatic N) is 4. The average Bonchev–Trinajstić information content (AvgIpc) is 3.39. The molecule has 1 saturated carbocycles. The second-order valence-corrected chi connectivity index (χ2v) is 7.41. The maximum absolute atomic E-state index is 12.5. The van der Waals surface area contributed by atoms with Crippen LogP contribution < -0.4 is 5.32 Å². The van der Waals surface area contributed by atoms with E-state index in [-0.39, 0.29) is 12.3 Å². The molecule has 3 heterocycles. The van der Waals surface area contributed by atoms with Crippen LogP contribution in [0.15, 0.2) is 26.6 Å². The van der Waals surface area contributed by atoms with Gasteiger partial charge in [0.25, 0.3) is 0 Å². The number of rotatable bonds is 6. The van der Waals surface area contributed by atoms with Crippen LogP contribution in [0.4, 0.5) is 0 Å². The Hall–Kier alpha value is -2.55. The topological polar surface area (TPSA) is 107 Å². The fourth-order valence-electron chi connectivity index (χ4n) is 3.29. The molecule has 0 spiro atoms. The molecule has 136 valence electrons. The monoisotopic (exact) mass is 373 g/mol. The molecule has 0 aliphatic heterocycles. The van der Waals surface area contributed by atoms with Gasteiger partial charge in [0.15, 0.2) is 5.82 Å². The van der Waals surface area contributed by atoms with Gasteiger partial charge in [-0.25, -0.2) is 0 Å². The minimum Gasteiger partial charge on any atom is -0.343 e. The van der Waals surface area contributed by atoms with Crippen LogP contribution in [0.1, 0.15) is 49.7 Å². The summed E-state index contributed by atoms with van der Waals surface area (Å²) in [5.74, 6) is 2.01. The molecule has 1 amide bonds. The minimum atomic E-state index is -0.522. The second-order valence-electron chi connectivity index (χ2n) is 6.46. The summed E-state index contributed by atoms with van der Waals surface area (Å²) in [6, 6.07) is 3.87. The van der Waals surface area contributed by atoms with E-state index in [0.29, 0.717) is 29.9 Å². The maximum atomic E-state index is 12.5. The largest absolute Gasteiger partial charge is 0.343 e. The highest BCUT2D eigenvalue weighted by atomic mass is 32.1. The number of carbonyl (C=O) groups excluding carboxylic acids is 1. The molecule has 4 rings (SSSR count). The van der Waals surface area contributed by atoms with Gasteiger partial charge >= 0.3 is 0 Å². The van der Waals surface area contributed by atoms with Crippen molar-refractivity contribution in [2.45, 2.75) is 51.0 Å². The van der Waals surface area contributed by atoms with Crippen molar-refractivity contribution >= 4 is 17.2 Å². The number of hydrogen-bond donors (Lipinski definition) is 1. The zero-order chi connectivity index (χ0) is 18.0. The fourth-order valence-corrected chi connectivity index (χ4v) is 3.94. The summed E-state index contributed by atoms with van der Waals surface area (Å²) in [7, 11) is 0. The van der Waals surface area contributed by atoms with Gasteiger partial charge in [-0.05, 0) is 24.3 Å². The maximum Gasteiger partial charge on any atom is 0.227 e. The highest BCUT2D eigenvalue weighted by molar-refractivity contribution is 7.13. The molecule has 9 heteroatoms. The van der Waals surface area contributed by atoms with Gasteiger partial charge < -0.3 is 14.4 Å². The zero-order valence-electron chi connectivity index (χ0n) is 14.4. The summed E-state index contributed by atoms with van der Waals surface area (Å²) in [4.78, 5) is 22.1. The van der Waals surface area contributed by atoms with Crippen molar-refractivity contribution < 1.29 is 13.8 Å². The van der Waals surface area contributed by atoms with Crippen LogP contribution >= 0.6 is 11.3 Å². The predicted octanol–water partition coefficient (Wildman–Crippen LogP) is 3.01. The number of aromatic nitrogens is 4. The number of thiophene rings is 1. The van der Waals surface area contributed by atoms with Crippen LogP contribution in [0.3, 0.4) is 0 Å². The van der Waals surface area contributed by atoms with Crippen molar-refractivity contribution in [2.75, 3.05) is 0 Å². The standard InChI is InChI=1S/C17H19N5O3S/c1-11-18-16(22-24-11)17(8-2-3-9-17)20-13(23)6-7-14-19-15(21-25-14)12-5-4-10-26-12/h4-5,10H,2-3,6-9H2,1H3,(H,20,23). The fraction of sp³-hybridized carbons (Fsp3) is 0.471. The Balaban J connectivity index is 1.39. The number of aryl methyl sites for hydroxylation is 2. The SMILES string of the molecule is Cc1nc(C2(NC(=O)CCc3nc(-c4cccs4)no3)CCCC2)no1. The van der Waals surface area contributed by atoms with Crippen molar-refractivity contribution in [3.63, 3.8) is 0 Å². The molecule has 0 radical (unpaired) electrons. The molecule has 0 atom stereocenters. The lowest BCUT2D eigenvalue weighted by Crippen LogP contribution is -2.44. The number of hydrogen-bond acceptors (Lipinski definition) is 8. The van der Waals surface area contributed by atoms with Crippen LogP contribution in [0.5, 0.6) is 0 Å². The first-order valence-corrected chi connectivity index (χ1v) is 9.51. The first kappa shape index (κ1) is 16.9. The normalized spacial score (nSPS) is 16.0. The summed E-state index contributed by atoms with van der Waals surface area (Å²) in [5.41, 5.74) is -0.522. The third kappa shape index (κ3) is 3.39. The smallest absolute Gasteiger partial charge is 0.227 e. The number of amides is 1. The van der Waals surface area contributed by atoms with Crippen molar-refractivity contribution in [1.29, 1.82) is 0 Å². The van der Waals surface area contributed by atoms with Crippen LogP contribution in [0, 0.1) is 6.92 Å². The van der Waals surface area contributed by atoms with Crippen LogP contribution in [0.25, 0.3) is 10.7 Å². The van der Waals surface area contributed by atoms with E-state index in [1.54, 1.807) is 18.3 Å². The first-order chi connectivity index (χ1) is 12.6. The molecule has 8 nitrogen and oxygen atoms in total. The molecule has 0 unspecified atom stereocenters. The van der Waals surface area contributed by atoms with Crippen LogP contribution in [0.2, 0.25) is 0 Å². The summed E-state index contributed by atoms with van der Waals surface area (Å²) >= 11 is 1.55. The van der Waals surface area contributed by atoms with Gasteiger partial charge in [0, 0.05) is 19.8 Å². The van der Waals surface area contributed by atoms with Crippen molar-refractivity contribution in [1.82, 2.24) is 25.6 Å². The Kier molecular flexibility index (Phi) is 4.54. The predicted molar refractivity (Wildman–Crippen MR) is 93.3 cm³/mol. The Bertz CT molecular complexity index is 880. The molecule has 1 N–H and O–H groups in total. The average molecular weight is 373 g/mol. The number of nitrogens with one attached hydrogen (secondary N) is 1. The van der Waals surface area contributed by atoms with Crippen molar-refractivity contribution in [2.24, 2.45) is 0 Å². The minimum absolute atomic E-state index is 0.0785. The molecule has 26 heavy (non-hydrogen) atoms. The van der Waals surface area contributed by atoms with Gasteiger partial charge in [0.2, 0.25) is 23.5 Å². The second kappa shape index (κ2) is 6.99. The molecule has 0 aromatic carbocycles. The highest BCUT2D eigenvalue weighted by Crippen LogP contribution is 2.37. The lowest BCUT2D eigenvalue weighted by Gasteiger charge is -2.26. The summed E-state index contributed by atoms with van der Waals surface area (Å²) in [6.45, 7) is 1.75. The third-order valence-electron chi connectivity index (χ3n) is 4.57. The van der Waals surface area contributed by atoms with E-state index in [9.17, 15) is 4.79 Å². The van der Waals surface area contributed by atoms with Crippen molar-refractivity contribution in [3.8, 4) is 10.7 Å². The summed E-state index contributed by atoms with van der Waals surface area (Å²) in [5, 5.41) is 13.1. The molecule has 1 aliphatic carbocycles. The number of carbonyl (C=O) groups is 1. The lowest BCUT2D eigenvalue weighted by molar-refractivity contribution is -0.123. The van der Waals surface area contributed by atoms with Crippen LogP contribution in [-0.2, 0) is 16.8 Å². The molecule has 3 aromatic rings. The molecule has 0 saturated heterocycles. The van der Waals surface area contributed by atoms with E-state index in [1.807, 2.05) is 17.5 Å². The van der Waals surface area contributed by atoms with E-state index in [4.69, 9.17) is 9.05 Å². The Morgan fingerprint density at radius 1 is 1.27 bits per heavy atom. The van der Waals surface area contributed by atoms with E-state index >= 15 is 0 Å². The van der Waals surface area contributed by atoms with Crippen LogP contribution in [-0.4, -0.2) is 26.2 Å². The lowest BCUT2D eigenvalue weighted by atomic mass is 9.96. The van der Waals surface area contributed by atoms with Gasteiger partial charge in [-0.1, -0.05) is 29.2 Å². The molecule has 1 aliphatic rings. The molecule has 0 bridgehead atoms. The Morgan fingerprint density at radius 2 is 2.12 bits per heavy atom. The molecule has 3 aromatic heterocycles. The Labute approximate surface area is 154 Å². The van der Waals surface area contributed by atoms with Gasteiger partial charge in [-0.2, -0.15) is 9.97 Å². The van der Waals surface area contributed by atoms with Gasteiger partial charge in [-0.15, -0.1) is 11.3 Å². The van der Waals surface area contributed by atoms with E-state index < -0.39 is 5.54 Å². The molecular formula is C17H19N5O3S. The van der Waals surface area contributed by atoms with E-state index in [1.165, 1.54) is 0 Å². The van der Waals surface area contributed by atoms with Gasteiger partial charge in [0.1, 0.15) is 5.54 Å². The summed E-state index contributed by atoms with van der Waals surface area (Å²) in [6.07, 6.45) is 4.36. The quantitative estimate of drug-likeness (QED) is 0.707. The van der Waals surface area contributed by atoms with Crippen molar-refractivity contribution in [3.05, 3.63) is 35.1 Å².